The van der Waals surface area contributed by atoms with Crippen molar-refractivity contribution in [3.05, 3.63) is 34.9 Å². The SMILES string of the molecule is CC(C)Cn1ccnc(NC(C)c2ncn[nH]2)c1=O. The van der Waals surface area contributed by atoms with Gasteiger partial charge in [-0.3, -0.25) is 9.89 Å². The van der Waals surface area contributed by atoms with Gasteiger partial charge in [0.05, 0.1) is 6.04 Å². The average Bonchev–Trinajstić information content (AvgIpc) is 2.87. The van der Waals surface area contributed by atoms with Crippen molar-refractivity contribution in [1.29, 1.82) is 0 Å². The maximum absolute atomic E-state index is 12.2. The molecule has 2 heterocycles. The molecule has 7 heteroatoms. The second kappa shape index (κ2) is 5.64. The van der Waals surface area contributed by atoms with E-state index in [1.165, 1.54) is 6.33 Å². The number of aromatic nitrogens is 5. The molecule has 0 fully saturated rings. The zero-order valence-electron chi connectivity index (χ0n) is 11.3. The minimum atomic E-state index is -0.155. The maximum Gasteiger partial charge on any atom is 0.293 e. The Balaban J connectivity index is 2.19. The number of hydrogen-bond acceptors (Lipinski definition) is 5. The van der Waals surface area contributed by atoms with Crippen molar-refractivity contribution < 1.29 is 0 Å². The highest BCUT2D eigenvalue weighted by atomic mass is 16.1. The summed E-state index contributed by atoms with van der Waals surface area (Å²) >= 11 is 0. The molecule has 2 rings (SSSR count). The number of aromatic amines is 1. The molecule has 0 aliphatic rings. The molecule has 0 radical (unpaired) electrons. The van der Waals surface area contributed by atoms with Crippen molar-refractivity contribution in [3.8, 4) is 0 Å². The van der Waals surface area contributed by atoms with E-state index in [1.807, 2.05) is 6.92 Å². The van der Waals surface area contributed by atoms with Crippen LogP contribution in [0.5, 0.6) is 0 Å². The van der Waals surface area contributed by atoms with Gasteiger partial charge < -0.3 is 9.88 Å². The van der Waals surface area contributed by atoms with Gasteiger partial charge in [0, 0.05) is 18.9 Å². The predicted octanol–water partition coefficient (Wildman–Crippen LogP) is 1.19. The van der Waals surface area contributed by atoms with Gasteiger partial charge in [-0.25, -0.2) is 9.97 Å². The normalized spacial score (nSPS) is 12.6. The first-order valence-electron chi connectivity index (χ1n) is 6.25. The molecule has 7 nitrogen and oxygen atoms in total. The number of rotatable bonds is 5. The van der Waals surface area contributed by atoms with Crippen LogP contribution in [0.15, 0.2) is 23.5 Å². The monoisotopic (exact) mass is 262 g/mol. The summed E-state index contributed by atoms with van der Waals surface area (Å²) in [5, 5.41) is 9.60. The molecule has 1 unspecified atom stereocenters. The molecule has 2 aromatic rings. The van der Waals surface area contributed by atoms with Gasteiger partial charge in [0.1, 0.15) is 12.2 Å². The highest BCUT2D eigenvalue weighted by Crippen LogP contribution is 2.10. The third-order valence-electron chi connectivity index (χ3n) is 2.67. The van der Waals surface area contributed by atoms with Crippen LogP contribution in [-0.4, -0.2) is 24.7 Å². The lowest BCUT2D eigenvalue weighted by Crippen LogP contribution is -2.27. The molecule has 0 aliphatic carbocycles. The van der Waals surface area contributed by atoms with E-state index in [1.54, 1.807) is 17.0 Å². The van der Waals surface area contributed by atoms with Crippen molar-refractivity contribution in [2.24, 2.45) is 5.92 Å². The lowest BCUT2D eigenvalue weighted by atomic mass is 10.2. The van der Waals surface area contributed by atoms with Crippen LogP contribution in [0.25, 0.3) is 0 Å². The highest BCUT2D eigenvalue weighted by Gasteiger charge is 2.12. The van der Waals surface area contributed by atoms with Gasteiger partial charge in [0.2, 0.25) is 0 Å². The van der Waals surface area contributed by atoms with E-state index in [-0.39, 0.29) is 11.6 Å². The van der Waals surface area contributed by atoms with Crippen LogP contribution in [-0.2, 0) is 6.54 Å². The van der Waals surface area contributed by atoms with Crippen LogP contribution >= 0.6 is 0 Å². The Morgan fingerprint density at radius 3 is 2.79 bits per heavy atom. The molecule has 2 N–H and O–H groups in total. The van der Waals surface area contributed by atoms with Gasteiger partial charge in [-0.1, -0.05) is 13.8 Å². The molecule has 1 atom stereocenters. The summed E-state index contributed by atoms with van der Waals surface area (Å²) in [6, 6.07) is -0.155. The molecular weight excluding hydrogens is 244 g/mol. The zero-order valence-corrected chi connectivity index (χ0v) is 11.3. The standard InChI is InChI=1S/C12H18N6O/c1-8(2)6-18-5-4-13-11(12(18)19)16-9(3)10-14-7-15-17-10/h4-5,7-9H,6H2,1-3H3,(H,13,16)(H,14,15,17). The number of nitrogens with zero attached hydrogens (tertiary/aromatic N) is 4. The molecule has 0 saturated carbocycles. The van der Waals surface area contributed by atoms with Crippen molar-refractivity contribution >= 4 is 5.82 Å². The molecule has 0 bridgehead atoms. The fraction of sp³-hybridized carbons (Fsp3) is 0.500. The van der Waals surface area contributed by atoms with E-state index in [2.05, 4.69) is 39.3 Å². The van der Waals surface area contributed by atoms with E-state index < -0.39 is 0 Å². The smallest absolute Gasteiger partial charge is 0.293 e. The summed E-state index contributed by atoms with van der Waals surface area (Å²) in [6.45, 7) is 6.70. The Hall–Kier alpha value is -2.18. The van der Waals surface area contributed by atoms with Crippen LogP contribution in [0.3, 0.4) is 0 Å². The third kappa shape index (κ3) is 3.18. The average molecular weight is 262 g/mol. The molecule has 0 saturated heterocycles. The highest BCUT2D eigenvalue weighted by molar-refractivity contribution is 5.33. The molecule has 0 aliphatic heterocycles. The number of anilines is 1. The minimum absolute atomic E-state index is 0.123. The number of hydrogen-bond donors (Lipinski definition) is 2. The summed E-state index contributed by atoms with van der Waals surface area (Å²) in [4.78, 5) is 20.3. The molecule has 102 valence electrons. The Kier molecular flexibility index (Phi) is 3.94. The molecule has 0 aromatic carbocycles. The van der Waals surface area contributed by atoms with Gasteiger partial charge in [0.25, 0.3) is 5.56 Å². The Bertz CT molecular complexity index is 574. The zero-order chi connectivity index (χ0) is 13.8. The number of H-pyrrole nitrogens is 1. The van der Waals surface area contributed by atoms with Crippen LogP contribution in [0.1, 0.15) is 32.6 Å². The van der Waals surface area contributed by atoms with E-state index in [4.69, 9.17) is 0 Å². The van der Waals surface area contributed by atoms with Crippen molar-refractivity contribution in [3.63, 3.8) is 0 Å². The summed E-state index contributed by atoms with van der Waals surface area (Å²) in [6.07, 6.45) is 4.76. The van der Waals surface area contributed by atoms with Gasteiger partial charge in [-0.05, 0) is 12.8 Å². The molecule has 2 aromatic heterocycles. The quantitative estimate of drug-likeness (QED) is 0.845. The topological polar surface area (TPSA) is 88.5 Å². The van der Waals surface area contributed by atoms with Crippen LogP contribution in [0.4, 0.5) is 5.82 Å². The van der Waals surface area contributed by atoms with Crippen molar-refractivity contribution in [1.82, 2.24) is 24.7 Å². The number of nitrogens with one attached hydrogen (secondary N) is 2. The Morgan fingerprint density at radius 2 is 2.16 bits per heavy atom. The predicted molar refractivity (Wildman–Crippen MR) is 71.8 cm³/mol. The summed E-state index contributed by atoms with van der Waals surface area (Å²) in [5.41, 5.74) is -0.123. The van der Waals surface area contributed by atoms with Gasteiger partial charge >= 0.3 is 0 Å². The molecule has 0 spiro atoms. The first-order chi connectivity index (χ1) is 9.08. The fourth-order valence-electron chi connectivity index (χ4n) is 1.78. The Labute approximate surface area is 111 Å². The van der Waals surface area contributed by atoms with E-state index in [0.717, 1.165) is 0 Å². The first kappa shape index (κ1) is 13.3. The summed E-state index contributed by atoms with van der Waals surface area (Å²) in [7, 11) is 0. The van der Waals surface area contributed by atoms with Crippen molar-refractivity contribution in [2.75, 3.05) is 5.32 Å². The largest absolute Gasteiger partial charge is 0.356 e. The molecule has 19 heavy (non-hydrogen) atoms. The maximum atomic E-state index is 12.2. The summed E-state index contributed by atoms with van der Waals surface area (Å²) < 4.78 is 1.66. The van der Waals surface area contributed by atoms with E-state index >= 15 is 0 Å². The van der Waals surface area contributed by atoms with Crippen LogP contribution in [0, 0.1) is 5.92 Å². The van der Waals surface area contributed by atoms with Gasteiger partial charge in [0.15, 0.2) is 5.82 Å². The molecule has 0 amide bonds. The molecular formula is C12H18N6O. The minimum Gasteiger partial charge on any atom is -0.356 e. The lowest BCUT2D eigenvalue weighted by molar-refractivity contribution is 0.509. The Morgan fingerprint density at radius 1 is 1.37 bits per heavy atom. The fourth-order valence-corrected chi connectivity index (χ4v) is 1.78. The van der Waals surface area contributed by atoms with E-state index in [9.17, 15) is 4.79 Å². The second-order valence-corrected chi connectivity index (χ2v) is 4.86. The second-order valence-electron chi connectivity index (χ2n) is 4.86. The van der Waals surface area contributed by atoms with Gasteiger partial charge in [-0.15, -0.1) is 0 Å². The summed E-state index contributed by atoms with van der Waals surface area (Å²) in [5.74, 6) is 1.40. The van der Waals surface area contributed by atoms with Crippen LogP contribution in [0.2, 0.25) is 0 Å². The third-order valence-corrected chi connectivity index (χ3v) is 2.67. The van der Waals surface area contributed by atoms with Crippen molar-refractivity contribution in [2.45, 2.75) is 33.4 Å². The van der Waals surface area contributed by atoms with E-state index in [0.29, 0.717) is 24.1 Å². The first-order valence-corrected chi connectivity index (χ1v) is 6.25. The lowest BCUT2D eigenvalue weighted by Gasteiger charge is -2.13. The van der Waals surface area contributed by atoms with Crippen LogP contribution < -0.4 is 10.9 Å². The van der Waals surface area contributed by atoms with Gasteiger partial charge in [-0.2, -0.15) is 5.10 Å².